The van der Waals surface area contributed by atoms with Crippen molar-refractivity contribution < 1.29 is 0 Å². The fourth-order valence-electron chi connectivity index (χ4n) is 2.70. The minimum atomic E-state index is 0. The van der Waals surface area contributed by atoms with Crippen LogP contribution in [0, 0.1) is 5.41 Å². The van der Waals surface area contributed by atoms with Crippen LogP contribution in [-0.4, -0.2) is 50.6 Å². The Morgan fingerprint density at radius 2 is 1.80 bits per heavy atom. The molecular formula is C15H33IN4. The van der Waals surface area contributed by atoms with E-state index in [4.69, 9.17) is 0 Å². The van der Waals surface area contributed by atoms with Crippen molar-refractivity contribution in [2.75, 3.05) is 39.8 Å². The number of likely N-dealkylation sites (N-methyl/N-ethyl adjacent to an activating group) is 1. The third kappa shape index (κ3) is 6.16. The fourth-order valence-corrected chi connectivity index (χ4v) is 2.70. The average Bonchev–Trinajstić information content (AvgIpc) is 2.40. The summed E-state index contributed by atoms with van der Waals surface area (Å²) in [5, 5.41) is 6.90. The molecular weight excluding hydrogens is 363 g/mol. The lowest BCUT2D eigenvalue weighted by Crippen LogP contribution is -2.47. The first kappa shape index (κ1) is 20.0. The van der Waals surface area contributed by atoms with E-state index in [1.165, 1.54) is 25.7 Å². The van der Waals surface area contributed by atoms with Crippen LogP contribution < -0.4 is 10.6 Å². The molecule has 120 valence electrons. The highest BCUT2D eigenvalue weighted by Crippen LogP contribution is 2.42. The first-order valence-corrected chi connectivity index (χ1v) is 7.86. The number of hydrogen-bond donors (Lipinski definition) is 2. The van der Waals surface area contributed by atoms with Gasteiger partial charge in [0.25, 0.3) is 0 Å². The van der Waals surface area contributed by atoms with Gasteiger partial charge >= 0.3 is 0 Å². The van der Waals surface area contributed by atoms with E-state index >= 15 is 0 Å². The molecule has 1 aliphatic rings. The van der Waals surface area contributed by atoms with E-state index in [0.29, 0.717) is 5.41 Å². The van der Waals surface area contributed by atoms with Crippen LogP contribution in [0.15, 0.2) is 4.99 Å². The summed E-state index contributed by atoms with van der Waals surface area (Å²) in [4.78, 5) is 6.72. The van der Waals surface area contributed by atoms with Gasteiger partial charge in [-0.05, 0) is 37.8 Å². The Bertz CT molecular complexity index is 268. The minimum absolute atomic E-state index is 0. The van der Waals surface area contributed by atoms with Crippen molar-refractivity contribution in [1.29, 1.82) is 0 Å². The zero-order valence-corrected chi connectivity index (χ0v) is 16.0. The van der Waals surface area contributed by atoms with Crippen molar-refractivity contribution in [3.8, 4) is 0 Å². The van der Waals surface area contributed by atoms with Gasteiger partial charge in [0.15, 0.2) is 5.96 Å². The number of aliphatic imine (C=N–C) groups is 1. The molecule has 1 rings (SSSR count). The van der Waals surface area contributed by atoms with Crippen LogP contribution in [-0.2, 0) is 0 Å². The molecule has 4 nitrogen and oxygen atoms in total. The molecule has 0 saturated heterocycles. The van der Waals surface area contributed by atoms with Gasteiger partial charge < -0.3 is 15.5 Å². The van der Waals surface area contributed by atoms with Gasteiger partial charge in [0.2, 0.25) is 0 Å². The summed E-state index contributed by atoms with van der Waals surface area (Å²) in [6, 6.07) is 0. The van der Waals surface area contributed by atoms with Crippen LogP contribution in [0.2, 0.25) is 0 Å². The van der Waals surface area contributed by atoms with E-state index in [2.05, 4.69) is 41.3 Å². The number of nitrogens with zero attached hydrogens (tertiary/aromatic N) is 2. The summed E-state index contributed by atoms with van der Waals surface area (Å²) < 4.78 is 0. The monoisotopic (exact) mass is 396 g/mol. The van der Waals surface area contributed by atoms with Gasteiger partial charge in [-0.2, -0.15) is 0 Å². The fraction of sp³-hybridized carbons (Fsp3) is 0.933. The Labute approximate surface area is 142 Å². The summed E-state index contributed by atoms with van der Waals surface area (Å²) in [6.45, 7) is 12.0. The molecule has 1 aliphatic carbocycles. The van der Waals surface area contributed by atoms with Crippen LogP contribution in [0.1, 0.15) is 46.5 Å². The van der Waals surface area contributed by atoms with Crippen LogP contribution in [0.5, 0.6) is 0 Å². The van der Waals surface area contributed by atoms with Gasteiger partial charge in [-0.25, -0.2) is 0 Å². The Morgan fingerprint density at radius 1 is 1.15 bits per heavy atom. The van der Waals surface area contributed by atoms with Crippen molar-refractivity contribution in [2.24, 2.45) is 10.4 Å². The molecule has 0 spiro atoms. The van der Waals surface area contributed by atoms with Gasteiger partial charge in [0.1, 0.15) is 0 Å². The first-order valence-electron chi connectivity index (χ1n) is 7.86. The highest BCUT2D eigenvalue weighted by Gasteiger charge is 2.34. The predicted octanol–water partition coefficient (Wildman–Crippen LogP) is 2.69. The van der Waals surface area contributed by atoms with Crippen LogP contribution in [0.3, 0.4) is 0 Å². The highest BCUT2D eigenvalue weighted by molar-refractivity contribution is 14.0. The SMILES string of the molecule is CCN(CC)CCNC(=NC)NCC1(CC)CCC1.I. The number of nitrogens with one attached hydrogen (secondary N) is 2. The van der Waals surface area contributed by atoms with Crippen LogP contribution in [0.25, 0.3) is 0 Å². The molecule has 0 amide bonds. The average molecular weight is 396 g/mol. The second-order valence-corrected chi connectivity index (χ2v) is 5.59. The maximum absolute atomic E-state index is 4.31. The largest absolute Gasteiger partial charge is 0.356 e. The predicted molar refractivity (Wildman–Crippen MR) is 99.1 cm³/mol. The van der Waals surface area contributed by atoms with Gasteiger partial charge in [-0.3, -0.25) is 4.99 Å². The number of hydrogen-bond acceptors (Lipinski definition) is 2. The van der Waals surface area contributed by atoms with Crippen molar-refractivity contribution in [1.82, 2.24) is 15.5 Å². The second kappa shape index (κ2) is 10.7. The van der Waals surface area contributed by atoms with Gasteiger partial charge in [0, 0.05) is 26.7 Å². The smallest absolute Gasteiger partial charge is 0.191 e. The zero-order chi connectivity index (χ0) is 14.1. The molecule has 2 N–H and O–H groups in total. The van der Waals surface area contributed by atoms with E-state index in [-0.39, 0.29) is 24.0 Å². The maximum Gasteiger partial charge on any atom is 0.191 e. The topological polar surface area (TPSA) is 39.7 Å². The highest BCUT2D eigenvalue weighted by atomic mass is 127. The number of halogens is 1. The Kier molecular flexibility index (Phi) is 10.6. The molecule has 0 aromatic rings. The molecule has 0 aromatic heterocycles. The molecule has 0 aromatic carbocycles. The molecule has 1 saturated carbocycles. The molecule has 0 unspecified atom stereocenters. The lowest BCUT2D eigenvalue weighted by atomic mass is 9.67. The van der Waals surface area contributed by atoms with Gasteiger partial charge in [0.05, 0.1) is 0 Å². The van der Waals surface area contributed by atoms with E-state index in [1.807, 2.05) is 7.05 Å². The first-order chi connectivity index (χ1) is 9.19. The molecule has 0 heterocycles. The summed E-state index contributed by atoms with van der Waals surface area (Å²) in [5.74, 6) is 0.951. The summed E-state index contributed by atoms with van der Waals surface area (Å²) >= 11 is 0. The lowest BCUT2D eigenvalue weighted by molar-refractivity contribution is 0.131. The molecule has 0 bridgehead atoms. The standard InChI is InChI=1S/C15H32N4.HI/c1-5-15(9-8-10-15)13-18-14(16-4)17-11-12-19(6-2)7-3;/h5-13H2,1-4H3,(H2,16,17,18);1H. The van der Waals surface area contributed by atoms with Crippen LogP contribution >= 0.6 is 24.0 Å². The van der Waals surface area contributed by atoms with Crippen LogP contribution in [0.4, 0.5) is 0 Å². The Balaban J connectivity index is 0.00000361. The molecule has 20 heavy (non-hydrogen) atoms. The molecule has 0 radical (unpaired) electrons. The Morgan fingerprint density at radius 3 is 2.20 bits per heavy atom. The molecule has 0 atom stereocenters. The molecule has 5 heteroatoms. The van der Waals surface area contributed by atoms with Gasteiger partial charge in [-0.1, -0.05) is 27.2 Å². The zero-order valence-electron chi connectivity index (χ0n) is 13.7. The van der Waals surface area contributed by atoms with E-state index in [0.717, 1.165) is 38.7 Å². The number of rotatable bonds is 8. The number of guanidine groups is 1. The summed E-state index contributed by atoms with van der Waals surface area (Å²) in [7, 11) is 1.85. The maximum atomic E-state index is 4.31. The van der Waals surface area contributed by atoms with Crippen molar-refractivity contribution in [2.45, 2.75) is 46.5 Å². The Hall–Kier alpha value is -0.0400. The van der Waals surface area contributed by atoms with E-state index in [1.54, 1.807) is 0 Å². The summed E-state index contributed by atoms with van der Waals surface area (Å²) in [5.41, 5.74) is 0.538. The van der Waals surface area contributed by atoms with Crippen molar-refractivity contribution in [3.63, 3.8) is 0 Å². The quantitative estimate of drug-likeness (QED) is 0.377. The van der Waals surface area contributed by atoms with Gasteiger partial charge in [-0.15, -0.1) is 24.0 Å². The third-order valence-corrected chi connectivity index (χ3v) is 4.63. The normalized spacial score (nSPS) is 17.4. The van der Waals surface area contributed by atoms with Crippen molar-refractivity contribution in [3.05, 3.63) is 0 Å². The lowest BCUT2D eigenvalue weighted by Gasteiger charge is -2.41. The van der Waals surface area contributed by atoms with Crippen molar-refractivity contribution >= 4 is 29.9 Å². The van der Waals surface area contributed by atoms with E-state index < -0.39 is 0 Å². The third-order valence-electron chi connectivity index (χ3n) is 4.63. The molecule has 1 fully saturated rings. The minimum Gasteiger partial charge on any atom is -0.356 e. The molecule has 0 aliphatic heterocycles. The summed E-state index contributed by atoms with van der Waals surface area (Å²) in [6.07, 6.45) is 5.40. The van der Waals surface area contributed by atoms with E-state index in [9.17, 15) is 0 Å². The second-order valence-electron chi connectivity index (χ2n) is 5.59.